The molecule has 21 heavy (non-hydrogen) atoms. The van der Waals surface area contributed by atoms with Crippen LogP contribution in [0.5, 0.6) is 0 Å². The van der Waals surface area contributed by atoms with Gasteiger partial charge in [-0.25, -0.2) is 8.78 Å². The number of carbonyl (C=O) groups is 1. The van der Waals surface area contributed by atoms with E-state index in [2.05, 4.69) is 5.32 Å². The molecule has 0 spiro atoms. The Morgan fingerprint density at radius 2 is 1.67 bits per heavy atom. The number of amides is 1. The zero-order valence-electron chi connectivity index (χ0n) is 11.6. The van der Waals surface area contributed by atoms with Crippen molar-refractivity contribution in [1.82, 2.24) is 5.32 Å². The first-order valence-corrected chi connectivity index (χ1v) is 6.81. The van der Waals surface area contributed by atoms with Crippen molar-refractivity contribution in [2.45, 2.75) is 24.8 Å². The number of benzene rings is 2. The van der Waals surface area contributed by atoms with E-state index in [9.17, 15) is 13.6 Å². The van der Waals surface area contributed by atoms with Gasteiger partial charge in [0.2, 0.25) is 5.91 Å². The number of nitrogens with one attached hydrogen (secondary N) is 1. The molecular formula is C17H15F2NO. The quantitative estimate of drug-likeness (QED) is 0.900. The minimum atomic E-state index is -0.951. The highest BCUT2D eigenvalue weighted by atomic mass is 19.1. The molecular weight excluding hydrogens is 272 g/mol. The van der Waals surface area contributed by atoms with E-state index in [0.29, 0.717) is 0 Å². The van der Waals surface area contributed by atoms with Crippen molar-refractivity contribution in [1.29, 1.82) is 0 Å². The summed E-state index contributed by atoms with van der Waals surface area (Å²) in [5, 5.41) is 2.84. The van der Waals surface area contributed by atoms with Crippen molar-refractivity contribution >= 4 is 5.91 Å². The van der Waals surface area contributed by atoms with Crippen LogP contribution < -0.4 is 5.32 Å². The molecule has 2 aromatic rings. The highest BCUT2D eigenvalue weighted by Gasteiger charge is 2.47. The van der Waals surface area contributed by atoms with Crippen molar-refractivity contribution in [3.8, 4) is 0 Å². The van der Waals surface area contributed by atoms with E-state index >= 15 is 0 Å². The summed E-state index contributed by atoms with van der Waals surface area (Å²) in [7, 11) is 0. The summed E-state index contributed by atoms with van der Waals surface area (Å²) in [4.78, 5) is 11.9. The standard InChI is InChI=1S/C17H15F2NO/c1-17(15-12(18)8-5-9-13(15)19)10-14(21)20-16(17)11-6-3-2-4-7-11/h2-9,16H,10H2,1H3,(H,20,21). The van der Waals surface area contributed by atoms with Gasteiger partial charge in [0.15, 0.2) is 0 Å². The zero-order valence-corrected chi connectivity index (χ0v) is 11.6. The van der Waals surface area contributed by atoms with Gasteiger partial charge in [-0.3, -0.25) is 4.79 Å². The molecule has 108 valence electrons. The summed E-state index contributed by atoms with van der Waals surface area (Å²) >= 11 is 0. The van der Waals surface area contributed by atoms with Gasteiger partial charge >= 0.3 is 0 Å². The second-order valence-corrected chi connectivity index (χ2v) is 5.60. The maximum Gasteiger partial charge on any atom is 0.221 e. The van der Waals surface area contributed by atoms with E-state index in [0.717, 1.165) is 5.56 Å². The Bertz CT molecular complexity index is 666. The molecule has 0 saturated carbocycles. The minimum absolute atomic E-state index is 0.0304. The van der Waals surface area contributed by atoms with E-state index in [1.807, 2.05) is 30.3 Å². The van der Waals surface area contributed by atoms with Gasteiger partial charge < -0.3 is 5.32 Å². The molecule has 0 bridgehead atoms. The molecule has 4 heteroatoms. The van der Waals surface area contributed by atoms with Gasteiger partial charge in [0.05, 0.1) is 6.04 Å². The predicted octanol–water partition coefficient (Wildman–Crippen LogP) is 3.48. The molecule has 1 amide bonds. The highest BCUT2D eigenvalue weighted by Crippen LogP contribution is 2.45. The fraction of sp³-hybridized carbons (Fsp3) is 0.235. The second kappa shape index (κ2) is 4.95. The van der Waals surface area contributed by atoms with Crippen LogP contribution in [-0.4, -0.2) is 5.91 Å². The number of rotatable bonds is 2. The van der Waals surface area contributed by atoms with E-state index < -0.39 is 23.1 Å². The lowest BCUT2D eigenvalue weighted by Gasteiger charge is -2.31. The minimum Gasteiger partial charge on any atom is -0.348 e. The van der Waals surface area contributed by atoms with Gasteiger partial charge in [0.1, 0.15) is 11.6 Å². The van der Waals surface area contributed by atoms with Crippen LogP contribution in [0.3, 0.4) is 0 Å². The van der Waals surface area contributed by atoms with Gasteiger partial charge in [0, 0.05) is 17.4 Å². The Kier molecular flexibility index (Phi) is 3.24. The normalized spacial score (nSPS) is 24.9. The molecule has 1 heterocycles. The summed E-state index contributed by atoms with van der Waals surface area (Å²) in [5.41, 5.74) is -0.140. The van der Waals surface area contributed by atoms with Crippen LogP contribution in [0.15, 0.2) is 48.5 Å². The average molecular weight is 287 g/mol. The van der Waals surface area contributed by atoms with Crippen LogP contribution in [0.2, 0.25) is 0 Å². The van der Waals surface area contributed by atoms with E-state index in [4.69, 9.17) is 0 Å². The largest absolute Gasteiger partial charge is 0.348 e. The Morgan fingerprint density at radius 3 is 2.29 bits per heavy atom. The Morgan fingerprint density at radius 1 is 1.05 bits per heavy atom. The van der Waals surface area contributed by atoms with Crippen LogP contribution in [0.1, 0.15) is 30.5 Å². The lowest BCUT2D eigenvalue weighted by atomic mass is 9.73. The van der Waals surface area contributed by atoms with Crippen LogP contribution in [0.25, 0.3) is 0 Å². The first kappa shape index (κ1) is 13.7. The molecule has 2 aromatic carbocycles. The van der Waals surface area contributed by atoms with Crippen molar-refractivity contribution in [3.63, 3.8) is 0 Å². The van der Waals surface area contributed by atoms with Gasteiger partial charge in [-0.1, -0.05) is 43.3 Å². The number of halogens is 2. The average Bonchev–Trinajstić information content (AvgIpc) is 2.75. The first-order chi connectivity index (χ1) is 10.0. The molecule has 1 N–H and O–H groups in total. The third kappa shape index (κ3) is 2.20. The second-order valence-electron chi connectivity index (χ2n) is 5.60. The number of hydrogen-bond acceptors (Lipinski definition) is 1. The fourth-order valence-electron chi connectivity index (χ4n) is 3.18. The molecule has 2 atom stereocenters. The molecule has 1 saturated heterocycles. The Labute approximate surface area is 121 Å². The molecule has 0 radical (unpaired) electrons. The number of hydrogen-bond donors (Lipinski definition) is 1. The monoisotopic (exact) mass is 287 g/mol. The molecule has 0 aliphatic carbocycles. The smallest absolute Gasteiger partial charge is 0.221 e. The van der Waals surface area contributed by atoms with Crippen LogP contribution in [-0.2, 0) is 10.2 Å². The predicted molar refractivity (Wildman–Crippen MR) is 75.7 cm³/mol. The summed E-state index contributed by atoms with van der Waals surface area (Å²) in [6, 6.07) is 12.6. The van der Waals surface area contributed by atoms with Gasteiger partial charge in [-0.2, -0.15) is 0 Å². The van der Waals surface area contributed by atoms with Crippen LogP contribution >= 0.6 is 0 Å². The molecule has 3 rings (SSSR count). The third-order valence-electron chi connectivity index (χ3n) is 4.14. The molecule has 0 aromatic heterocycles. The molecule has 1 aliphatic rings. The molecule has 2 nitrogen and oxygen atoms in total. The van der Waals surface area contributed by atoms with Gasteiger partial charge in [0.25, 0.3) is 0 Å². The van der Waals surface area contributed by atoms with Crippen LogP contribution in [0, 0.1) is 11.6 Å². The maximum atomic E-state index is 14.2. The van der Waals surface area contributed by atoms with Crippen molar-refractivity contribution in [2.24, 2.45) is 0 Å². The zero-order chi connectivity index (χ0) is 15.0. The third-order valence-corrected chi connectivity index (χ3v) is 4.14. The lowest BCUT2D eigenvalue weighted by Crippen LogP contribution is -2.32. The fourth-order valence-corrected chi connectivity index (χ4v) is 3.18. The van der Waals surface area contributed by atoms with Crippen LogP contribution in [0.4, 0.5) is 8.78 Å². The SMILES string of the molecule is CC1(c2c(F)cccc2F)CC(=O)NC1c1ccccc1. The van der Waals surface area contributed by atoms with E-state index in [-0.39, 0.29) is 17.9 Å². The Hall–Kier alpha value is -2.23. The highest BCUT2D eigenvalue weighted by molar-refractivity contribution is 5.82. The van der Waals surface area contributed by atoms with E-state index in [1.165, 1.54) is 18.2 Å². The molecule has 1 aliphatic heterocycles. The van der Waals surface area contributed by atoms with Gasteiger partial charge in [-0.15, -0.1) is 0 Å². The summed E-state index contributed by atoms with van der Waals surface area (Å²) < 4.78 is 28.4. The summed E-state index contributed by atoms with van der Waals surface area (Å²) in [6.45, 7) is 1.73. The molecule has 2 unspecified atom stereocenters. The topological polar surface area (TPSA) is 29.1 Å². The first-order valence-electron chi connectivity index (χ1n) is 6.81. The van der Waals surface area contributed by atoms with E-state index in [1.54, 1.807) is 6.92 Å². The Balaban J connectivity index is 2.15. The molecule has 1 fully saturated rings. The van der Waals surface area contributed by atoms with Crippen molar-refractivity contribution in [3.05, 3.63) is 71.3 Å². The summed E-state index contributed by atoms with van der Waals surface area (Å²) in [6.07, 6.45) is 0.0599. The van der Waals surface area contributed by atoms with Crippen molar-refractivity contribution in [2.75, 3.05) is 0 Å². The maximum absolute atomic E-state index is 14.2. The number of carbonyl (C=O) groups excluding carboxylic acids is 1. The van der Waals surface area contributed by atoms with Gasteiger partial charge in [-0.05, 0) is 17.7 Å². The summed E-state index contributed by atoms with van der Waals surface area (Å²) in [5.74, 6) is -1.43. The van der Waals surface area contributed by atoms with Crippen molar-refractivity contribution < 1.29 is 13.6 Å². The lowest BCUT2D eigenvalue weighted by molar-refractivity contribution is -0.119.